The van der Waals surface area contributed by atoms with Gasteiger partial charge in [0.15, 0.2) is 0 Å². The maximum absolute atomic E-state index is 11.7. The van der Waals surface area contributed by atoms with Crippen LogP contribution in [-0.2, 0) is 28.5 Å². The zero-order valence-electron chi connectivity index (χ0n) is 19.0. The second-order valence-electron chi connectivity index (χ2n) is 7.54. The van der Waals surface area contributed by atoms with E-state index in [1.54, 1.807) is 0 Å². The summed E-state index contributed by atoms with van der Waals surface area (Å²) in [5, 5.41) is 5.58. The first-order chi connectivity index (χ1) is 14.3. The van der Waals surface area contributed by atoms with E-state index in [0.29, 0.717) is 72.4 Å². The molecule has 30 heavy (non-hydrogen) atoms. The molecule has 177 valence electrons. The Labute approximate surface area is 181 Å². The fraction of sp³-hybridized carbons (Fsp3) is 0.857. The van der Waals surface area contributed by atoms with Crippen molar-refractivity contribution in [2.75, 3.05) is 65.9 Å². The molecule has 0 aromatic heterocycles. The fourth-order valence-electron chi connectivity index (χ4n) is 2.17. The molecule has 0 saturated heterocycles. The van der Waals surface area contributed by atoms with Crippen LogP contribution in [0, 0.1) is 6.92 Å². The van der Waals surface area contributed by atoms with E-state index in [4.69, 9.17) is 23.7 Å². The van der Waals surface area contributed by atoms with E-state index in [9.17, 15) is 9.59 Å². The number of carbonyl (C=O) groups excluding carboxylic acids is 2. The highest BCUT2D eigenvalue weighted by atomic mass is 16.6. The van der Waals surface area contributed by atoms with Crippen LogP contribution in [0.25, 0.3) is 0 Å². The molecule has 0 fully saturated rings. The first-order valence-corrected chi connectivity index (χ1v) is 10.7. The SMILES string of the molecule is [CH2]COCCOCCOCCOCCC(=O)NCCCCCNC(=O)OC(C)(C)C. The van der Waals surface area contributed by atoms with Gasteiger partial charge in [0.25, 0.3) is 0 Å². The molecule has 0 aromatic rings. The van der Waals surface area contributed by atoms with Crippen molar-refractivity contribution in [3.63, 3.8) is 0 Å². The molecule has 0 aliphatic heterocycles. The number of amides is 2. The zero-order chi connectivity index (χ0) is 22.5. The molecule has 0 aliphatic rings. The first kappa shape index (κ1) is 28.6. The fourth-order valence-corrected chi connectivity index (χ4v) is 2.17. The summed E-state index contributed by atoms with van der Waals surface area (Å²) in [7, 11) is 0. The Morgan fingerprint density at radius 3 is 1.77 bits per heavy atom. The maximum Gasteiger partial charge on any atom is 0.407 e. The van der Waals surface area contributed by atoms with Crippen molar-refractivity contribution in [3.8, 4) is 0 Å². The minimum atomic E-state index is -0.484. The average Bonchev–Trinajstić information content (AvgIpc) is 2.66. The first-order valence-electron chi connectivity index (χ1n) is 10.7. The number of rotatable bonds is 19. The van der Waals surface area contributed by atoms with Crippen molar-refractivity contribution in [2.24, 2.45) is 0 Å². The molecule has 0 aliphatic carbocycles. The van der Waals surface area contributed by atoms with Crippen LogP contribution in [0.2, 0.25) is 0 Å². The van der Waals surface area contributed by atoms with E-state index in [-0.39, 0.29) is 5.91 Å². The Morgan fingerprint density at radius 1 is 0.733 bits per heavy atom. The highest BCUT2D eigenvalue weighted by molar-refractivity contribution is 5.75. The summed E-state index contributed by atoms with van der Waals surface area (Å²) in [6.07, 6.45) is 2.55. The monoisotopic (exact) mass is 433 g/mol. The normalized spacial score (nSPS) is 11.3. The molecule has 0 aromatic carbocycles. The van der Waals surface area contributed by atoms with Gasteiger partial charge in [0.05, 0.1) is 46.2 Å². The average molecular weight is 434 g/mol. The van der Waals surface area contributed by atoms with E-state index in [2.05, 4.69) is 17.6 Å². The Balaban J connectivity index is 3.28. The second-order valence-corrected chi connectivity index (χ2v) is 7.54. The lowest BCUT2D eigenvalue weighted by atomic mass is 10.2. The van der Waals surface area contributed by atoms with Gasteiger partial charge in [-0.15, -0.1) is 0 Å². The van der Waals surface area contributed by atoms with Crippen molar-refractivity contribution in [2.45, 2.75) is 52.1 Å². The topological polar surface area (TPSA) is 104 Å². The summed E-state index contributed by atoms with van der Waals surface area (Å²) in [5.41, 5.74) is -0.484. The Morgan fingerprint density at radius 2 is 1.23 bits per heavy atom. The second kappa shape index (κ2) is 19.5. The number of nitrogens with one attached hydrogen (secondary N) is 2. The number of ether oxygens (including phenoxy) is 5. The Hall–Kier alpha value is -1.42. The van der Waals surface area contributed by atoms with E-state index >= 15 is 0 Å². The number of alkyl carbamates (subject to hydrolysis) is 1. The van der Waals surface area contributed by atoms with Gasteiger partial charge in [-0.2, -0.15) is 0 Å². The maximum atomic E-state index is 11.7. The van der Waals surface area contributed by atoms with Crippen LogP contribution >= 0.6 is 0 Å². The van der Waals surface area contributed by atoms with Gasteiger partial charge in [0.1, 0.15) is 5.60 Å². The van der Waals surface area contributed by atoms with E-state index < -0.39 is 11.7 Å². The van der Waals surface area contributed by atoms with Crippen molar-refractivity contribution in [3.05, 3.63) is 6.92 Å². The molecule has 2 N–H and O–H groups in total. The van der Waals surface area contributed by atoms with E-state index in [0.717, 1.165) is 19.3 Å². The van der Waals surface area contributed by atoms with Gasteiger partial charge in [-0.3, -0.25) is 4.79 Å². The van der Waals surface area contributed by atoms with Gasteiger partial charge in [0.2, 0.25) is 5.91 Å². The molecule has 1 radical (unpaired) electrons. The summed E-state index contributed by atoms with van der Waals surface area (Å²) < 4.78 is 26.2. The summed E-state index contributed by atoms with van der Waals surface area (Å²) in [5.74, 6) is -0.0271. The molecular formula is C21H41N2O7. The lowest BCUT2D eigenvalue weighted by Gasteiger charge is -2.19. The van der Waals surface area contributed by atoms with E-state index in [1.165, 1.54) is 0 Å². The molecule has 0 saturated carbocycles. The van der Waals surface area contributed by atoms with Crippen LogP contribution in [0.5, 0.6) is 0 Å². The van der Waals surface area contributed by atoms with Crippen LogP contribution in [0.15, 0.2) is 0 Å². The molecule has 0 heterocycles. The lowest BCUT2D eigenvalue weighted by Crippen LogP contribution is -2.33. The summed E-state index contributed by atoms with van der Waals surface area (Å²) in [6.45, 7) is 14.1. The van der Waals surface area contributed by atoms with Crippen LogP contribution in [0.4, 0.5) is 4.79 Å². The van der Waals surface area contributed by atoms with Crippen LogP contribution in [0.3, 0.4) is 0 Å². The third kappa shape index (κ3) is 22.9. The van der Waals surface area contributed by atoms with E-state index in [1.807, 2.05) is 20.8 Å². The van der Waals surface area contributed by atoms with Gasteiger partial charge in [0, 0.05) is 26.1 Å². The predicted molar refractivity (Wildman–Crippen MR) is 114 cm³/mol. The van der Waals surface area contributed by atoms with Gasteiger partial charge in [-0.25, -0.2) is 4.79 Å². The largest absolute Gasteiger partial charge is 0.444 e. The third-order valence-electron chi connectivity index (χ3n) is 3.58. The van der Waals surface area contributed by atoms with Crippen molar-refractivity contribution in [1.29, 1.82) is 0 Å². The number of hydrogen-bond donors (Lipinski definition) is 2. The molecule has 0 atom stereocenters. The third-order valence-corrected chi connectivity index (χ3v) is 3.58. The van der Waals surface area contributed by atoms with Crippen molar-refractivity contribution in [1.82, 2.24) is 10.6 Å². The molecule has 9 heteroatoms. The van der Waals surface area contributed by atoms with Gasteiger partial charge < -0.3 is 34.3 Å². The van der Waals surface area contributed by atoms with Crippen LogP contribution in [-0.4, -0.2) is 83.5 Å². The number of carbonyl (C=O) groups is 2. The quantitative estimate of drug-likeness (QED) is 0.301. The molecular weight excluding hydrogens is 392 g/mol. The Bertz CT molecular complexity index is 428. The van der Waals surface area contributed by atoms with Crippen molar-refractivity contribution >= 4 is 12.0 Å². The number of hydrogen-bond acceptors (Lipinski definition) is 7. The summed E-state index contributed by atoms with van der Waals surface area (Å²) in [4.78, 5) is 23.2. The zero-order valence-corrected chi connectivity index (χ0v) is 19.0. The van der Waals surface area contributed by atoms with Gasteiger partial charge >= 0.3 is 6.09 Å². The minimum Gasteiger partial charge on any atom is -0.444 e. The summed E-state index contributed by atoms with van der Waals surface area (Å²) in [6, 6.07) is 0. The Kier molecular flexibility index (Phi) is 18.6. The minimum absolute atomic E-state index is 0.0271. The van der Waals surface area contributed by atoms with Crippen LogP contribution in [0.1, 0.15) is 46.5 Å². The molecule has 9 nitrogen and oxygen atoms in total. The van der Waals surface area contributed by atoms with Crippen molar-refractivity contribution < 1.29 is 33.3 Å². The summed E-state index contributed by atoms with van der Waals surface area (Å²) >= 11 is 0. The highest BCUT2D eigenvalue weighted by Crippen LogP contribution is 2.06. The number of unbranched alkanes of at least 4 members (excludes halogenated alkanes) is 2. The standard InChI is InChI=1S/C21H41N2O7/c1-5-26-13-14-28-17-18-29-16-15-27-12-9-19(24)22-10-7-6-8-11-23-20(25)30-21(2,3)4/h1,5-18H2,2-4H3,(H,22,24)(H,23,25). The van der Waals surface area contributed by atoms with Gasteiger partial charge in [-0.05, 0) is 47.0 Å². The highest BCUT2D eigenvalue weighted by Gasteiger charge is 2.15. The smallest absolute Gasteiger partial charge is 0.407 e. The molecule has 0 rings (SSSR count). The van der Waals surface area contributed by atoms with Crippen LogP contribution < -0.4 is 10.6 Å². The molecule has 0 bridgehead atoms. The predicted octanol–water partition coefficient (Wildman–Crippen LogP) is 2.09. The lowest BCUT2D eigenvalue weighted by molar-refractivity contribution is -0.122. The van der Waals surface area contributed by atoms with Gasteiger partial charge in [-0.1, -0.05) is 0 Å². The molecule has 0 spiro atoms. The molecule has 0 unspecified atom stereocenters. The molecule has 2 amide bonds.